The zero-order chi connectivity index (χ0) is 17.7. The molecule has 1 fully saturated rings. The first-order chi connectivity index (χ1) is 12.1. The molecule has 6 heteroatoms. The van der Waals surface area contributed by atoms with E-state index in [1.807, 2.05) is 13.0 Å². The van der Waals surface area contributed by atoms with E-state index in [0.29, 0.717) is 18.2 Å². The normalized spacial score (nSPS) is 19.6. The van der Waals surface area contributed by atoms with Gasteiger partial charge in [-0.25, -0.2) is 9.37 Å². The SMILES string of the molecule is CCC1(C(=O)NCc2ccnc(Oc3ccc(F)cc3)c2)CCCN1. The maximum Gasteiger partial charge on any atom is 0.240 e. The zero-order valence-corrected chi connectivity index (χ0v) is 14.2. The summed E-state index contributed by atoms with van der Waals surface area (Å²) < 4.78 is 18.6. The number of ether oxygens (including phenoxy) is 1. The standard InChI is InChI=1S/C19H22FN3O2/c1-2-19(9-3-10-23-19)18(24)22-13-14-8-11-21-17(12-14)25-16-6-4-15(20)5-7-16/h4-8,11-12,23H,2-3,9-10,13H2,1H3,(H,22,24). The largest absolute Gasteiger partial charge is 0.439 e. The van der Waals surface area contributed by atoms with Crippen LogP contribution in [0.4, 0.5) is 4.39 Å². The second-order valence-electron chi connectivity index (χ2n) is 6.21. The van der Waals surface area contributed by atoms with Crippen molar-refractivity contribution in [2.75, 3.05) is 6.54 Å². The zero-order valence-electron chi connectivity index (χ0n) is 14.2. The van der Waals surface area contributed by atoms with Gasteiger partial charge >= 0.3 is 0 Å². The van der Waals surface area contributed by atoms with E-state index in [9.17, 15) is 9.18 Å². The van der Waals surface area contributed by atoms with Gasteiger partial charge in [-0.2, -0.15) is 0 Å². The van der Waals surface area contributed by atoms with Gasteiger partial charge < -0.3 is 15.4 Å². The van der Waals surface area contributed by atoms with Crippen molar-refractivity contribution in [1.29, 1.82) is 0 Å². The lowest BCUT2D eigenvalue weighted by atomic mass is 9.93. The molecule has 132 valence electrons. The molecule has 1 aromatic carbocycles. The molecule has 0 bridgehead atoms. The van der Waals surface area contributed by atoms with E-state index in [-0.39, 0.29) is 11.7 Å². The number of amides is 1. The van der Waals surface area contributed by atoms with Crippen molar-refractivity contribution >= 4 is 5.91 Å². The third-order valence-electron chi connectivity index (χ3n) is 4.57. The van der Waals surface area contributed by atoms with Crippen LogP contribution in [0, 0.1) is 5.82 Å². The average molecular weight is 343 g/mol. The predicted molar refractivity (Wildman–Crippen MR) is 92.8 cm³/mol. The summed E-state index contributed by atoms with van der Waals surface area (Å²) in [5.41, 5.74) is 0.449. The first kappa shape index (κ1) is 17.4. The van der Waals surface area contributed by atoms with Gasteiger partial charge in [-0.05, 0) is 61.7 Å². The Bertz CT molecular complexity index is 728. The molecule has 2 aromatic rings. The molecule has 0 radical (unpaired) electrons. The van der Waals surface area contributed by atoms with E-state index < -0.39 is 5.54 Å². The second kappa shape index (κ2) is 7.61. The van der Waals surface area contributed by atoms with E-state index in [0.717, 1.165) is 31.4 Å². The minimum Gasteiger partial charge on any atom is -0.439 e. The number of hydrogen-bond donors (Lipinski definition) is 2. The molecule has 0 spiro atoms. The predicted octanol–water partition coefficient (Wildman–Crippen LogP) is 3.16. The highest BCUT2D eigenvalue weighted by Crippen LogP contribution is 2.24. The van der Waals surface area contributed by atoms with E-state index in [1.165, 1.54) is 12.1 Å². The molecule has 3 rings (SSSR count). The molecule has 1 atom stereocenters. The molecule has 25 heavy (non-hydrogen) atoms. The van der Waals surface area contributed by atoms with Crippen molar-refractivity contribution in [3.05, 3.63) is 54.0 Å². The molecule has 5 nitrogen and oxygen atoms in total. The summed E-state index contributed by atoms with van der Waals surface area (Å²) >= 11 is 0. The van der Waals surface area contributed by atoms with Gasteiger partial charge in [0.15, 0.2) is 0 Å². The van der Waals surface area contributed by atoms with Crippen LogP contribution >= 0.6 is 0 Å². The van der Waals surface area contributed by atoms with Crippen LogP contribution < -0.4 is 15.4 Å². The number of halogens is 1. The van der Waals surface area contributed by atoms with Gasteiger partial charge in [-0.1, -0.05) is 6.92 Å². The van der Waals surface area contributed by atoms with Gasteiger partial charge in [0, 0.05) is 18.8 Å². The van der Waals surface area contributed by atoms with Crippen LogP contribution in [0.3, 0.4) is 0 Å². The number of rotatable bonds is 6. The minimum absolute atomic E-state index is 0.0327. The summed E-state index contributed by atoms with van der Waals surface area (Å²) in [4.78, 5) is 16.7. The van der Waals surface area contributed by atoms with E-state index in [1.54, 1.807) is 24.4 Å². The third kappa shape index (κ3) is 4.14. The van der Waals surface area contributed by atoms with Crippen LogP contribution in [-0.4, -0.2) is 23.0 Å². The number of hydrogen-bond acceptors (Lipinski definition) is 4. The summed E-state index contributed by atoms with van der Waals surface area (Å²) in [6, 6.07) is 9.35. The number of nitrogens with zero attached hydrogens (tertiary/aromatic N) is 1. The third-order valence-corrected chi connectivity index (χ3v) is 4.57. The molecule has 1 saturated heterocycles. The molecule has 2 N–H and O–H groups in total. The topological polar surface area (TPSA) is 63.2 Å². The molecule has 1 amide bonds. The van der Waals surface area contributed by atoms with Crippen molar-refractivity contribution in [2.45, 2.75) is 38.3 Å². The van der Waals surface area contributed by atoms with E-state index in [4.69, 9.17) is 4.74 Å². The summed E-state index contributed by atoms with van der Waals surface area (Å²) in [6.07, 6.45) is 4.29. The molecule has 1 aliphatic heterocycles. The smallest absolute Gasteiger partial charge is 0.240 e. The highest BCUT2D eigenvalue weighted by atomic mass is 19.1. The highest BCUT2D eigenvalue weighted by molar-refractivity contribution is 5.86. The van der Waals surface area contributed by atoms with Gasteiger partial charge in [0.1, 0.15) is 11.6 Å². The number of aromatic nitrogens is 1. The van der Waals surface area contributed by atoms with Gasteiger partial charge in [-0.15, -0.1) is 0 Å². The first-order valence-corrected chi connectivity index (χ1v) is 8.53. The van der Waals surface area contributed by atoms with Crippen LogP contribution in [0.15, 0.2) is 42.6 Å². The van der Waals surface area contributed by atoms with Crippen molar-refractivity contribution in [1.82, 2.24) is 15.6 Å². The van der Waals surface area contributed by atoms with Crippen LogP contribution in [-0.2, 0) is 11.3 Å². The summed E-state index contributed by atoms with van der Waals surface area (Å²) in [7, 11) is 0. The summed E-state index contributed by atoms with van der Waals surface area (Å²) in [5.74, 6) is 0.630. The monoisotopic (exact) mass is 343 g/mol. The highest BCUT2D eigenvalue weighted by Gasteiger charge is 2.38. The number of nitrogens with one attached hydrogen (secondary N) is 2. The lowest BCUT2D eigenvalue weighted by Gasteiger charge is -2.26. The van der Waals surface area contributed by atoms with Crippen molar-refractivity contribution < 1.29 is 13.9 Å². The Kier molecular flexibility index (Phi) is 5.28. The molecule has 0 aliphatic carbocycles. The van der Waals surface area contributed by atoms with E-state index >= 15 is 0 Å². The molecular formula is C19H22FN3O2. The van der Waals surface area contributed by atoms with Crippen molar-refractivity contribution in [3.63, 3.8) is 0 Å². The van der Waals surface area contributed by atoms with Crippen LogP contribution in [0.2, 0.25) is 0 Å². The molecule has 1 aromatic heterocycles. The van der Waals surface area contributed by atoms with Gasteiger partial charge in [-0.3, -0.25) is 4.79 Å². The Morgan fingerprint density at radius 1 is 1.36 bits per heavy atom. The summed E-state index contributed by atoms with van der Waals surface area (Å²) in [5, 5.41) is 6.32. The van der Waals surface area contributed by atoms with Crippen LogP contribution in [0.25, 0.3) is 0 Å². The van der Waals surface area contributed by atoms with Gasteiger partial charge in [0.05, 0.1) is 5.54 Å². The van der Waals surface area contributed by atoms with E-state index in [2.05, 4.69) is 15.6 Å². The molecule has 0 saturated carbocycles. The van der Waals surface area contributed by atoms with Crippen molar-refractivity contribution in [2.24, 2.45) is 0 Å². The fourth-order valence-corrected chi connectivity index (χ4v) is 3.05. The van der Waals surface area contributed by atoms with Gasteiger partial charge in [0.2, 0.25) is 11.8 Å². The molecular weight excluding hydrogens is 321 g/mol. The second-order valence-corrected chi connectivity index (χ2v) is 6.21. The number of pyridine rings is 1. The Labute approximate surface area is 146 Å². The van der Waals surface area contributed by atoms with Gasteiger partial charge in [0.25, 0.3) is 0 Å². The molecule has 1 aliphatic rings. The maximum atomic E-state index is 12.9. The molecule has 1 unspecified atom stereocenters. The van der Waals surface area contributed by atoms with Crippen molar-refractivity contribution in [3.8, 4) is 11.6 Å². The Hall–Kier alpha value is -2.47. The minimum atomic E-state index is -0.444. The number of carbonyl (C=O) groups is 1. The Balaban J connectivity index is 1.61. The maximum absolute atomic E-state index is 12.9. The van der Waals surface area contributed by atoms with Crippen LogP contribution in [0.5, 0.6) is 11.6 Å². The lowest BCUT2D eigenvalue weighted by molar-refractivity contribution is -0.127. The fraction of sp³-hybridized carbons (Fsp3) is 0.368. The first-order valence-electron chi connectivity index (χ1n) is 8.53. The quantitative estimate of drug-likeness (QED) is 0.846. The summed E-state index contributed by atoms with van der Waals surface area (Å²) in [6.45, 7) is 3.32. The van der Waals surface area contributed by atoms with Crippen LogP contribution in [0.1, 0.15) is 31.7 Å². The fourth-order valence-electron chi connectivity index (χ4n) is 3.05. The molecule has 2 heterocycles. The number of benzene rings is 1. The average Bonchev–Trinajstić information content (AvgIpc) is 3.12. The number of carbonyl (C=O) groups excluding carboxylic acids is 1. The Morgan fingerprint density at radius 3 is 2.84 bits per heavy atom. The lowest BCUT2D eigenvalue weighted by Crippen LogP contribution is -2.52. The Morgan fingerprint density at radius 2 is 2.16 bits per heavy atom.